The molecular formula is C23H33ClN2O6S. The van der Waals surface area contributed by atoms with Crippen LogP contribution in [0.4, 0.5) is 0 Å². The van der Waals surface area contributed by atoms with Gasteiger partial charge in [0.2, 0.25) is 10.0 Å². The van der Waals surface area contributed by atoms with Crippen molar-refractivity contribution >= 4 is 22.4 Å². The van der Waals surface area contributed by atoms with E-state index in [1.165, 1.54) is 31.4 Å². The van der Waals surface area contributed by atoms with E-state index >= 15 is 0 Å². The maximum atomic E-state index is 12.7. The van der Waals surface area contributed by atoms with Gasteiger partial charge in [-0.15, -0.1) is 12.4 Å². The summed E-state index contributed by atoms with van der Waals surface area (Å²) in [6.07, 6.45) is 2.58. The van der Waals surface area contributed by atoms with Crippen molar-refractivity contribution in [3.63, 3.8) is 0 Å². The van der Waals surface area contributed by atoms with Crippen LogP contribution in [0.2, 0.25) is 0 Å². The third-order valence-corrected chi connectivity index (χ3v) is 7.13. The molecule has 1 aliphatic heterocycles. The smallest absolute Gasteiger partial charge is 0.244 e. The first kappa shape index (κ1) is 27.0. The Morgan fingerprint density at radius 3 is 2.18 bits per heavy atom. The first-order valence-electron chi connectivity index (χ1n) is 10.6. The highest BCUT2D eigenvalue weighted by Crippen LogP contribution is 2.33. The summed E-state index contributed by atoms with van der Waals surface area (Å²) in [6.45, 7) is 3.08. The highest BCUT2D eigenvalue weighted by Gasteiger charge is 2.21. The van der Waals surface area contributed by atoms with Gasteiger partial charge in [-0.3, -0.25) is 4.90 Å². The summed E-state index contributed by atoms with van der Waals surface area (Å²) in [6, 6.07) is 8.84. The number of methoxy groups -OCH3 is 4. The predicted octanol–water partition coefficient (Wildman–Crippen LogP) is 3.26. The van der Waals surface area contributed by atoms with Crippen LogP contribution in [0.5, 0.6) is 23.0 Å². The third-order valence-electron chi connectivity index (χ3n) is 5.65. The third kappa shape index (κ3) is 6.66. The molecule has 3 rings (SSSR count). The summed E-state index contributed by atoms with van der Waals surface area (Å²) >= 11 is 0. The fraction of sp³-hybridized carbons (Fsp3) is 0.478. The van der Waals surface area contributed by atoms with Crippen LogP contribution in [0.15, 0.2) is 35.2 Å². The fourth-order valence-corrected chi connectivity index (χ4v) is 5.13. The first-order valence-corrected chi connectivity index (χ1v) is 12.1. The first-order chi connectivity index (χ1) is 15.4. The lowest BCUT2D eigenvalue weighted by Crippen LogP contribution is -2.32. The van der Waals surface area contributed by atoms with Crippen molar-refractivity contribution in [3.8, 4) is 23.0 Å². The Hall–Kier alpha value is -2.20. The second kappa shape index (κ2) is 12.3. The highest BCUT2D eigenvalue weighted by atomic mass is 35.5. The minimum absolute atomic E-state index is 0. The lowest BCUT2D eigenvalue weighted by molar-refractivity contribution is 0.248. The Balaban J connectivity index is 0.00000385. The average Bonchev–Trinajstić information content (AvgIpc) is 2.82. The monoisotopic (exact) mass is 500 g/mol. The van der Waals surface area contributed by atoms with Crippen molar-refractivity contribution < 1.29 is 27.4 Å². The molecule has 0 bridgehead atoms. The average molecular weight is 501 g/mol. The molecule has 1 aliphatic rings. The SMILES string of the molecule is COc1ccc(OC)c(S(=O)(=O)NCCCCN2CCc3cc(OC)c(OC)cc3C2)c1.Cl. The zero-order valence-electron chi connectivity index (χ0n) is 19.5. The zero-order valence-corrected chi connectivity index (χ0v) is 21.2. The Kier molecular flexibility index (Phi) is 10.1. The van der Waals surface area contributed by atoms with E-state index in [1.54, 1.807) is 26.4 Å². The number of rotatable bonds is 11. The molecule has 2 aromatic carbocycles. The van der Waals surface area contributed by atoms with Gasteiger partial charge < -0.3 is 18.9 Å². The van der Waals surface area contributed by atoms with E-state index in [1.807, 2.05) is 0 Å². The van der Waals surface area contributed by atoms with Gasteiger partial charge in [0, 0.05) is 25.7 Å². The number of benzene rings is 2. The molecule has 0 unspecified atom stereocenters. The van der Waals surface area contributed by atoms with Crippen molar-refractivity contribution in [2.24, 2.45) is 0 Å². The van der Waals surface area contributed by atoms with E-state index in [9.17, 15) is 8.42 Å². The fourth-order valence-electron chi connectivity index (χ4n) is 3.87. The number of hydrogen-bond acceptors (Lipinski definition) is 7. The van der Waals surface area contributed by atoms with Crippen LogP contribution in [0.1, 0.15) is 24.0 Å². The molecule has 0 saturated heterocycles. The van der Waals surface area contributed by atoms with E-state index in [4.69, 9.17) is 18.9 Å². The van der Waals surface area contributed by atoms with Gasteiger partial charge >= 0.3 is 0 Å². The Morgan fingerprint density at radius 1 is 0.879 bits per heavy atom. The summed E-state index contributed by atoms with van der Waals surface area (Å²) in [7, 11) is 2.55. The maximum absolute atomic E-state index is 12.7. The molecule has 0 aliphatic carbocycles. The standard InChI is InChI=1S/C23H32N2O6S.ClH/c1-28-19-7-8-20(29-2)23(15-19)32(26,27)24-10-5-6-11-25-12-9-17-13-21(30-3)22(31-4)14-18(17)16-25;/h7-8,13-15,24H,5-6,9-12,16H2,1-4H3;1H. The van der Waals surface area contributed by atoms with Gasteiger partial charge in [-0.2, -0.15) is 0 Å². The van der Waals surface area contributed by atoms with Crippen LogP contribution in [-0.2, 0) is 23.0 Å². The van der Waals surface area contributed by atoms with Gasteiger partial charge in [0.05, 0.1) is 28.4 Å². The van der Waals surface area contributed by atoms with Crippen LogP contribution in [-0.4, -0.2) is 61.4 Å². The summed E-state index contributed by atoms with van der Waals surface area (Å²) < 4.78 is 49.3. The lowest BCUT2D eigenvalue weighted by atomic mass is 9.98. The van der Waals surface area contributed by atoms with Crippen LogP contribution in [0, 0.1) is 0 Å². The normalized spacial score (nSPS) is 13.6. The Labute approximate surface area is 202 Å². The van der Waals surface area contributed by atoms with Crippen molar-refractivity contribution in [2.75, 3.05) is 48.1 Å². The molecule has 1 heterocycles. The molecule has 0 amide bonds. The van der Waals surface area contributed by atoms with Crippen LogP contribution in [0.25, 0.3) is 0 Å². The van der Waals surface area contributed by atoms with Gasteiger partial charge in [0.1, 0.15) is 16.4 Å². The number of halogens is 1. The minimum atomic E-state index is -3.69. The van der Waals surface area contributed by atoms with E-state index in [0.717, 1.165) is 50.4 Å². The van der Waals surface area contributed by atoms with E-state index < -0.39 is 10.0 Å². The van der Waals surface area contributed by atoms with Crippen molar-refractivity contribution in [1.29, 1.82) is 0 Å². The zero-order chi connectivity index (χ0) is 23.1. The summed E-state index contributed by atoms with van der Waals surface area (Å²) in [5.74, 6) is 2.26. The molecule has 1 N–H and O–H groups in total. The van der Waals surface area contributed by atoms with Gasteiger partial charge in [0.15, 0.2) is 11.5 Å². The van der Waals surface area contributed by atoms with Crippen LogP contribution in [0.3, 0.4) is 0 Å². The molecule has 0 radical (unpaired) electrons. The summed E-state index contributed by atoms with van der Waals surface area (Å²) in [4.78, 5) is 2.46. The number of sulfonamides is 1. The number of fused-ring (bicyclic) bond motifs is 1. The second-order valence-electron chi connectivity index (χ2n) is 7.62. The van der Waals surface area contributed by atoms with E-state index in [2.05, 4.69) is 21.8 Å². The quantitative estimate of drug-likeness (QED) is 0.474. The van der Waals surface area contributed by atoms with E-state index in [0.29, 0.717) is 12.3 Å². The largest absolute Gasteiger partial charge is 0.497 e. The molecule has 0 atom stereocenters. The number of nitrogens with zero attached hydrogens (tertiary/aromatic N) is 1. The summed E-state index contributed by atoms with van der Waals surface area (Å²) in [5, 5.41) is 0. The van der Waals surface area contributed by atoms with Gasteiger partial charge in [0.25, 0.3) is 0 Å². The maximum Gasteiger partial charge on any atom is 0.244 e. The molecule has 8 nitrogen and oxygen atoms in total. The lowest BCUT2D eigenvalue weighted by Gasteiger charge is -2.29. The van der Waals surface area contributed by atoms with Crippen molar-refractivity contribution in [2.45, 2.75) is 30.7 Å². The molecule has 33 heavy (non-hydrogen) atoms. The molecule has 0 spiro atoms. The number of unbranched alkanes of at least 4 members (excludes halogenated alkanes) is 1. The Bertz CT molecular complexity index is 1030. The van der Waals surface area contributed by atoms with Gasteiger partial charge in [-0.1, -0.05) is 0 Å². The molecule has 0 aromatic heterocycles. The predicted molar refractivity (Wildman–Crippen MR) is 130 cm³/mol. The molecular weight excluding hydrogens is 468 g/mol. The molecule has 0 saturated carbocycles. The highest BCUT2D eigenvalue weighted by molar-refractivity contribution is 7.89. The molecule has 184 valence electrons. The number of nitrogens with one attached hydrogen (secondary N) is 1. The van der Waals surface area contributed by atoms with Gasteiger partial charge in [-0.05, 0) is 61.2 Å². The van der Waals surface area contributed by atoms with Gasteiger partial charge in [-0.25, -0.2) is 13.1 Å². The minimum Gasteiger partial charge on any atom is -0.497 e. The van der Waals surface area contributed by atoms with Crippen LogP contribution >= 0.6 is 12.4 Å². The number of hydrogen-bond donors (Lipinski definition) is 1. The van der Waals surface area contributed by atoms with Crippen molar-refractivity contribution in [3.05, 3.63) is 41.5 Å². The molecule has 10 heteroatoms. The Morgan fingerprint density at radius 2 is 1.55 bits per heavy atom. The molecule has 0 fully saturated rings. The summed E-state index contributed by atoms with van der Waals surface area (Å²) in [5.41, 5.74) is 2.54. The topological polar surface area (TPSA) is 86.3 Å². The van der Waals surface area contributed by atoms with Crippen LogP contribution < -0.4 is 23.7 Å². The van der Waals surface area contributed by atoms with E-state index in [-0.39, 0.29) is 23.1 Å². The van der Waals surface area contributed by atoms with Crippen molar-refractivity contribution in [1.82, 2.24) is 9.62 Å². The molecule has 2 aromatic rings. The second-order valence-corrected chi connectivity index (χ2v) is 9.36. The number of ether oxygens (including phenoxy) is 4.